The van der Waals surface area contributed by atoms with E-state index in [0.717, 1.165) is 4.90 Å². The number of rotatable bonds is 3. The highest BCUT2D eigenvalue weighted by Crippen LogP contribution is 2.33. The molecule has 0 atom stereocenters. The molecule has 0 bridgehead atoms. The smallest absolute Gasteiger partial charge is 0.266 e. The fourth-order valence-corrected chi connectivity index (χ4v) is 4.50. The van der Waals surface area contributed by atoms with Crippen molar-refractivity contribution in [3.05, 3.63) is 100 Å². The van der Waals surface area contributed by atoms with Crippen LogP contribution in [0, 0.1) is 0 Å². The molecule has 2 heterocycles. The summed E-state index contributed by atoms with van der Waals surface area (Å²) < 4.78 is 0. The Balaban J connectivity index is 1.31. The maximum Gasteiger partial charge on any atom is 0.266 e. The van der Waals surface area contributed by atoms with Crippen LogP contribution in [-0.2, 0) is 0 Å². The molecule has 170 valence electrons. The first-order valence-electron chi connectivity index (χ1n) is 10.9. The number of benzene rings is 3. The summed E-state index contributed by atoms with van der Waals surface area (Å²) >= 11 is 6.20. The lowest BCUT2D eigenvalue weighted by atomic mass is 10.0. The van der Waals surface area contributed by atoms with E-state index >= 15 is 0 Å². The van der Waals surface area contributed by atoms with E-state index in [1.807, 2.05) is 18.2 Å². The molecule has 0 radical (unpaired) electrons. The maximum atomic E-state index is 13.1. The van der Waals surface area contributed by atoms with Gasteiger partial charge in [0.25, 0.3) is 23.6 Å². The number of para-hydroxylation sites is 1. The minimum absolute atomic E-state index is 0.0611. The van der Waals surface area contributed by atoms with Gasteiger partial charge in [0.1, 0.15) is 0 Å². The van der Waals surface area contributed by atoms with E-state index in [1.54, 1.807) is 52.3 Å². The highest BCUT2D eigenvalue weighted by molar-refractivity contribution is 6.39. The summed E-state index contributed by atoms with van der Waals surface area (Å²) in [5.74, 6) is -1.29. The van der Waals surface area contributed by atoms with E-state index in [-0.39, 0.29) is 28.0 Å². The number of carbonyl (C=O) groups is 4. The molecule has 0 aromatic heterocycles. The molecule has 0 saturated carbocycles. The molecule has 0 spiro atoms. The van der Waals surface area contributed by atoms with E-state index < -0.39 is 11.8 Å². The van der Waals surface area contributed by atoms with E-state index in [1.165, 1.54) is 12.1 Å². The predicted octanol–water partition coefficient (Wildman–Crippen LogP) is 3.74. The highest BCUT2D eigenvalue weighted by Gasteiger charge is 2.38. The number of hydrogen-bond acceptors (Lipinski definition) is 4. The first kappa shape index (κ1) is 21.9. The number of amides is 4. The third-order valence-electron chi connectivity index (χ3n) is 6.10. The van der Waals surface area contributed by atoms with Crippen LogP contribution in [-0.4, -0.2) is 59.6 Å². The van der Waals surface area contributed by atoms with E-state index in [0.29, 0.717) is 43.0 Å². The molecular formula is C26H20ClN3O4. The van der Waals surface area contributed by atoms with Crippen LogP contribution in [0.5, 0.6) is 0 Å². The second-order valence-electron chi connectivity index (χ2n) is 8.11. The minimum atomic E-state index is -0.513. The Labute approximate surface area is 201 Å². The van der Waals surface area contributed by atoms with E-state index in [2.05, 4.69) is 0 Å². The summed E-state index contributed by atoms with van der Waals surface area (Å²) in [6.45, 7) is 1.60. The third kappa shape index (κ3) is 3.74. The molecule has 1 saturated heterocycles. The van der Waals surface area contributed by atoms with Crippen LogP contribution in [0.2, 0.25) is 5.02 Å². The van der Waals surface area contributed by atoms with Gasteiger partial charge in [-0.1, -0.05) is 41.9 Å². The average molecular weight is 474 g/mol. The standard InChI is InChI=1S/C26H20ClN3O4/c27-21-8-4-5-9-22(21)30-25(33)19-11-10-18(16-20(19)26(30)34)24(32)29-14-12-28(13-15-29)23(31)17-6-2-1-3-7-17/h1-11,16H,12-15H2. The number of anilines is 1. The van der Waals surface area contributed by atoms with Crippen molar-refractivity contribution in [3.8, 4) is 0 Å². The second kappa shape index (κ2) is 8.76. The van der Waals surface area contributed by atoms with Crippen molar-refractivity contribution in [1.82, 2.24) is 9.80 Å². The summed E-state index contributed by atoms with van der Waals surface area (Å²) in [6, 6.07) is 20.2. The molecule has 4 amide bonds. The number of fused-ring (bicyclic) bond motifs is 1. The van der Waals surface area contributed by atoms with E-state index in [9.17, 15) is 19.2 Å². The van der Waals surface area contributed by atoms with Gasteiger partial charge in [0.2, 0.25) is 0 Å². The Morgan fingerprint density at radius 2 is 1.21 bits per heavy atom. The molecule has 2 aliphatic heterocycles. The number of carbonyl (C=O) groups excluding carboxylic acids is 4. The van der Waals surface area contributed by atoms with Crippen LogP contribution in [0.1, 0.15) is 41.4 Å². The summed E-state index contributed by atoms with van der Waals surface area (Å²) in [5, 5.41) is 0.288. The summed E-state index contributed by atoms with van der Waals surface area (Å²) in [4.78, 5) is 56.1. The second-order valence-corrected chi connectivity index (χ2v) is 8.52. The van der Waals surface area contributed by atoms with Crippen molar-refractivity contribution in [2.45, 2.75) is 0 Å². The summed E-state index contributed by atoms with van der Waals surface area (Å²) in [5.41, 5.74) is 1.66. The molecule has 2 aliphatic rings. The number of hydrogen-bond donors (Lipinski definition) is 0. The largest absolute Gasteiger partial charge is 0.335 e. The first-order chi connectivity index (χ1) is 16.5. The van der Waals surface area contributed by atoms with Gasteiger partial charge in [0.15, 0.2) is 0 Å². The summed E-state index contributed by atoms with van der Waals surface area (Å²) in [7, 11) is 0. The van der Waals surface area contributed by atoms with Gasteiger partial charge in [-0.25, -0.2) is 4.90 Å². The molecule has 34 heavy (non-hydrogen) atoms. The van der Waals surface area contributed by atoms with E-state index in [4.69, 9.17) is 11.6 Å². The quantitative estimate of drug-likeness (QED) is 0.543. The van der Waals surface area contributed by atoms with Gasteiger partial charge >= 0.3 is 0 Å². The van der Waals surface area contributed by atoms with Gasteiger partial charge in [-0.05, 0) is 42.5 Å². The van der Waals surface area contributed by atoms with Crippen LogP contribution in [0.25, 0.3) is 0 Å². The predicted molar refractivity (Wildman–Crippen MR) is 127 cm³/mol. The van der Waals surface area contributed by atoms with Crippen LogP contribution in [0.4, 0.5) is 5.69 Å². The Kier molecular flexibility index (Phi) is 5.63. The zero-order valence-electron chi connectivity index (χ0n) is 18.1. The zero-order chi connectivity index (χ0) is 23.8. The van der Waals surface area contributed by atoms with Crippen LogP contribution in [0.3, 0.4) is 0 Å². The van der Waals surface area contributed by atoms with Gasteiger partial charge in [0.05, 0.1) is 21.8 Å². The zero-order valence-corrected chi connectivity index (χ0v) is 18.9. The van der Waals surface area contributed by atoms with Crippen molar-refractivity contribution in [3.63, 3.8) is 0 Å². The molecule has 0 unspecified atom stereocenters. The topological polar surface area (TPSA) is 78.0 Å². The maximum absolute atomic E-state index is 13.1. The lowest BCUT2D eigenvalue weighted by Gasteiger charge is -2.35. The molecular weight excluding hydrogens is 454 g/mol. The Hall–Kier alpha value is -3.97. The van der Waals surface area contributed by atoms with Gasteiger partial charge in [-0.2, -0.15) is 0 Å². The average Bonchev–Trinajstić information content (AvgIpc) is 3.13. The molecule has 8 heteroatoms. The Bertz CT molecular complexity index is 1320. The van der Waals surface area contributed by atoms with Crippen LogP contribution < -0.4 is 4.90 Å². The SMILES string of the molecule is O=C(c1ccccc1)N1CCN(C(=O)c2ccc3c(c2)C(=O)N(c2ccccc2Cl)C3=O)CC1. The molecule has 3 aromatic carbocycles. The van der Waals surface area contributed by atoms with Crippen molar-refractivity contribution >= 4 is 40.9 Å². The Morgan fingerprint density at radius 1 is 0.647 bits per heavy atom. The normalized spacial score (nSPS) is 15.5. The van der Waals surface area contributed by atoms with Crippen molar-refractivity contribution in [2.75, 3.05) is 31.1 Å². The molecule has 5 rings (SSSR count). The number of nitrogens with zero attached hydrogens (tertiary/aromatic N) is 3. The van der Waals surface area contributed by atoms with Crippen LogP contribution >= 0.6 is 11.6 Å². The molecule has 3 aromatic rings. The molecule has 1 fully saturated rings. The fraction of sp³-hybridized carbons (Fsp3) is 0.154. The molecule has 0 N–H and O–H groups in total. The lowest BCUT2D eigenvalue weighted by Crippen LogP contribution is -2.50. The third-order valence-corrected chi connectivity index (χ3v) is 6.42. The monoisotopic (exact) mass is 473 g/mol. The van der Waals surface area contributed by atoms with Gasteiger partial charge in [0, 0.05) is 37.3 Å². The molecule has 0 aliphatic carbocycles. The molecule has 7 nitrogen and oxygen atoms in total. The lowest BCUT2D eigenvalue weighted by molar-refractivity contribution is 0.0535. The number of imide groups is 1. The van der Waals surface area contributed by atoms with Crippen LogP contribution in [0.15, 0.2) is 72.8 Å². The van der Waals surface area contributed by atoms with Gasteiger partial charge in [-0.15, -0.1) is 0 Å². The number of halogens is 1. The van der Waals surface area contributed by atoms with Gasteiger partial charge in [-0.3, -0.25) is 19.2 Å². The van der Waals surface area contributed by atoms with Crippen molar-refractivity contribution < 1.29 is 19.2 Å². The number of piperazine rings is 1. The summed E-state index contributed by atoms with van der Waals surface area (Å²) in [6.07, 6.45) is 0. The highest BCUT2D eigenvalue weighted by atomic mass is 35.5. The minimum Gasteiger partial charge on any atom is -0.335 e. The van der Waals surface area contributed by atoms with Crippen molar-refractivity contribution in [2.24, 2.45) is 0 Å². The first-order valence-corrected chi connectivity index (χ1v) is 11.2. The van der Waals surface area contributed by atoms with Crippen molar-refractivity contribution in [1.29, 1.82) is 0 Å². The van der Waals surface area contributed by atoms with Gasteiger partial charge < -0.3 is 9.80 Å². The Morgan fingerprint density at radius 3 is 1.85 bits per heavy atom. The fourth-order valence-electron chi connectivity index (χ4n) is 4.28.